The number of hydrogen-bond donors (Lipinski definition) is 1. The van der Waals surface area contributed by atoms with Gasteiger partial charge < -0.3 is 14.9 Å². The molecular weight excluding hydrogens is 344 g/mol. The number of hydrogen-bond acceptors (Lipinski definition) is 5. The Balaban J connectivity index is 2.62. The van der Waals surface area contributed by atoms with Crippen molar-refractivity contribution in [3.05, 3.63) is 0 Å². The highest BCUT2D eigenvalue weighted by Gasteiger charge is 2.36. The molecule has 2 amide bonds. The summed E-state index contributed by atoms with van der Waals surface area (Å²) >= 11 is 1.11. The number of rotatable bonds is 9. The fourth-order valence-electron chi connectivity index (χ4n) is 2.91. The third-order valence-electron chi connectivity index (χ3n) is 4.49. The lowest BCUT2D eigenvalue weighted by atomic mass is 10.0. The molecular formula is C17H28N2O5S. The molecule has 1 heterocycles. The van der Waals surface area contributed by atoms with Crippen molar-refractivity contribution in [1.82, 2.24) is 9.80 Å². The first-order chi connectivity index (χ1) is 11.7. The second-order valence-electron chi connectivity index (χ2n) is 6.46. The molecule has 0 spiro atoms. The Labute approximate surface area is 153 Å². The zero-order chi connectivity index (χ0) is 19.0. The van der Waals surface area contributed by atoms with Gasteiger partial charge in [-0.2, -0.15) is 0 Å². The first-order valence-corrected chi connectivity index (χ1v) is 9.61. The number of carbonyl (C=O) groups excluding carboxylic acids is 3. The molecule has 0 radical (unpaired) electrons. The molecule has 0 saturated carbocycles. The molecule has 0 aliphatic carbocycles. The van der Waals surface area contributed by atoms with Crippen LogP contribution in [0.3, 0.4) is 0 Å². The summed E-state index contributed by atoms with van der Waals surface area (Å²) in [7, 11) is 1.73. The Bertz CT molecular complexity index is 511. The summed E-state index contributed by atoms with van der Waals surface area (Å²) in [5, 5.41) is 9.22. The van der Waals surface area contributed by atoms with Gasteiger partial charge in [0.1, 0.15) is 6.04 Å². The molecule has 7 nitrogen and oxygen atoms in total. The first-order valence-electron chi connectivity index (χ1n) is 8.62. The van der Waals surface area contributed by atoms with Crippen molar-refractivity contribution in [2.75, 3.05) is 25.9 Å². The third-order valence-corrected chi connectivity index (χ3v) is 5.47. The van der Waals surface area contributed by atoms with Gasteiger partial charge in [0.15, 0.2) is 5.12 Å². The molecule has 2 atom stereocenters. The molecule has 25 heavy (non-hydrogen) atoms. The second kappa shape index (κ2) is 10.4. The maximum absolute atomic E-state index is 12.8. The number of carboxylic acids is 1. The Kier molecular flexibility index (Phi) is 8.96. The average molecular weight is 372 g/mol. The van der Waals surface area contributed by atoms with E-state index in [4.69, 9.17) is 0 Å². The maximum Gasteiger partial charge on any atom is 0.326 e. The minimum atomic E-state index is -0.966. The van der Waals surface area contributed by atoms with Crippen LogP contribution >= 0.6 is 11.8 Å². The number of likely N-dealkylation sites (tertiary alicyclic amines) is 1. The van der Waals surface area contributed by atoms with E-state index in [1.165, 1.54) is 18.7 Å². The Morgan fingerprint density at radius 3 is 2.48 bits per heavy atom. The average Bonchev–Trinajstić information content (AvgIpc) is 3.02. The lowest BCUT2D eigenvalue weighted by molar-refractivity contribution is -0.149. The highest BCUT2D eigenvalue weighted by molar-refractivity contribution is 8.13. The number of carboxylic acid groups (broad SMARTS) is 1. The van der Waals surface area contributed by atoms with E-state index in [1.807, 2.05) is 0 Å². The molecule has 1 saturated heterocycles. The van der Waals surface area contributed by atoms with Crippen molar-refractivity contribution in [3.8, 4) is 0 Å². The van der Waals surface area contributed by atoms with Crippen molar-refractivity contribution in [1.29, 1.82) is 0 Å². The van der Waals surface area contributed by atoms with E-state index in [0.29, 0.717) is 38.1 Å². The van der Waals surface area contributed by atoms with E-state index < -0.39 is 12.0 Å². The topological polar surface area (TPSA) is 95.0 Å². The van der Waals surface area contributed by atoms with Gasteiger partial charge in [-0.15, -0.1) is 0 Å². The largest absolute Gasteiger partial charge is 0.480 e. The van der Waals surface area contributed by atoms with Gasteiger partial charge in [0, 0.05) is 45.7 Å². The predicted molar refractivity (Wildman–Crippen MR) is 96.2 cm³/mol. The van der Waals surface area contributed by atoms with Gasteiger partial charge in [0.2, 0.25) is 11.8 Å². The maximum atomic E-state index is 12.8. The summed E-state index contributed by atoms with van der Waals surface area (Å²) in [5.74, 6) is -1.12. The third kappa shape index (κ3) is 7.05. The second-order valence-corrected chi connectivity index (χ2v) is 7.66. The molecule has 0 bridgehead atoms. The Morgan fingerprint density at radius 2 is 1.92 bits per heavy atom. The van der Waals surface area contributed by atoms with E-state index in [0.717, 1.165) is 24.6 Å². The zero-order valence-electron chi connectivity index (χ0n) is 15.2. The summed E-state index contributed by atoms with van der Waals surface area (Å²) in [6.45, 7) is 4.06. The molecule has 1 N–H and O–H groups in total. The quantitative estimate of drug-likeness (QED) is 0.618. The van der Waals surface area contributed by atoms with Crippen LogP contribution in [0.1, 0.15) is 46.0 Å². The van der Waals surface area contributed by atoms with Gasteiger partial charge >= 0.3 is 5.97 Å². The van der Waals surface area contributed by atoms with Crippen LogP contribution in [0.5, 0.6) is 0 Å². The lowest BCUT2D eigenvalue weighted by Crippen LogP contribution is -2.44. The number of nitrogens with zero attached hydrogens (tertiary/aromatic N) is 2. The van der Waals surface area contributed by atoms with Crippen LogP contribution in [0.2, 0.25) is 0 Å². The van der Waals surface area contributed by atoms with Gasteiger partial charge in [-0.1, -0.05) is 18.2 Å². The molecule has 1 rings (SSSR count). The minimum Gasteiger partial charge on any atom is -0.480 e. The van der Waals surface area contributed by atoms with E-state index in [9.17, 15) is 24.3 Å². The monoisotopic (exact) mass is 372 g/mol. The lowest BCUT2D eigenvalue weighted by Gasteiger charge is -2.26. The highest BCUT2D eigenvalue weighted by atomic mass is 32.2. The van der Waals surface area contributed by atoms with Crippen LogP contribution in [-0.4, -0.2) is 69.7 Å². The molecule has 142 valence electrons. The number of thioether (sulfide) groups is 1. The number of aliphatic carboxylic acids is 1. The van der Waals surface area contributed by atoms with Crippen LogP contribution in [0, 0.1) is 5.92 Å². The molecule has 8 heteroatoms. The summed E-state index contributed by atoms with van der Waals surface area (Å²) in [6.07, 6.45) is 3.29. The molecule has 0 aromatic heterocycles. The first kappa shape index (κ1) is 21.5. The fraction of sp³-hybridized carbons (Fsp3) is 0.765. The van der Waals surface area contributed by atoms with E-state index in [1.54, 1.807) is 11.9 Å². The van der Waals surface area contributed by atoms with Gasteiger partial charge in [-0.05, 0) is 25.7 Å². The normalized spacial score (nSPS) is 18.0. The number of amides is 2. The predicted octanol–water partition coefficient (Wildman–Crippen LogP) is 1.61. The molecule has 1 aliphatic rings. The Hall–Kier alpha value is -1.57. The molecule has 1 aliphatic heterocycles. The van der Waals surface area contributed by atoms with Crippen molar-refractivity contribution >= 4 is 34.7 Å². The van der Waals surface area contributed by atoms with Gasteiger partial charge in [-0.3, -0.25) is 14.4 Å². The van der Waals surface area contributed by atoms with Gasteiger partial charge in [-0.25, -0.2) is 4.79 Å². The van der Waals surface area contributed by atoms with E-state index in [-0.39, 0.29) is 22.8 Å². The van der Waals surface area contributed by atoms with Crippen LogP contribution < -0.4 is 0 Å². The summed E-state index contributed by atoms with van der Waals surface area (Å²) in [6, 6.07) is -0.749. The standard InChI is InChI=1S/C17H28N2O5S/c1-12(20)18(3)9-5-4-7-14(11-25-13(2)21)16(22)19-10-6-8-15(19)17(23)24/h14-15H,4-11H2,1-3H3,(H,23,24)/t14?,15-/m0/s1. The van der Waals surface area contributed by atoms with Crippen LogP contribution in [0.25, 0.3) is 0 Å². The van der Waals surface area contributed by atoms with Crippen LogP contribution in [0.15, 0.2) is 0 Å². The zero-order valence-corrected chi connectivity index (χ0v) is 16.0. The van der Waals surface area contributed by atoms with E-state index >= 15 is 0 Å². The molecule has 1 unspecified atom stereocenters. The Morgan fingerprint density at radius 1 is 1.24 bits per heavy atom. The van der Waals surface area contributed by atoms with Crippen LogP contribution in [0.4, 0.5) is 0 Å². The highest BCUT2D eigenvalue weighted by Crippen LogP contribution is 2.25. The smallest absolute Gasteiger partial charge is 0.326 e. The SMILES string of the molecule is CC(=O)SCC(CCCCN(C)C(C)=O)C(=O)N1CCC[C@H]1C(=O)O. The number of unbranched alkanes of at least 4 members (excludes halogenated alkanes) is 1. The van der Waals surface area contributed by atoms with Crippen molar-refractivity contribution in [3.63, 3.8) is 0 Å². The van der Waals surface area contributed by atoms with Crippen LogP contribution in [-0.2, 0) is 19.2 Å². The molecule has 0 aromatic rings. The van der Waals surface area contributed by atoms with Crippen molar-refractivity contribution in [2.24, 2.45) is 5.92 Å². The fourth-order valence-corrected chi connectivity index (χ4v) is 3.66. The van der Waals surface area contributed by atoms with Gasteiger partial charge in [0.25, 0.3) is 0 Å². The number of carbonyl (C=O) groups is 4. The molecule has 0 aromatic carbocycles. The summed E-state index contributed by atoms with van der Waals surface area (Å²) in [5.41, 5.74) is 0. The van der Waals surface area contributed by atoms with Crippen molar-refractivity contribution < 1.29 is 24.3 Å². The minimum absolute atomic E-state index is 0.00104. The van der Waals surface area contributed by atoms with Crippen molar-refractivity contribution in [2.45, 2.75) is 52.0 Å². The van der Waals surface area contributed by atoms with Gasteiger partial charge in [0.05, 0.1) is 0 Å². The molecule has 1 fully saturated rings. The summed E-state index contributed by atoms with van der Waals surface area (Å²) < 4.78 is 0. The van der Waals surface area contributed by atoms with E-state index in [2.05, 4.69) is 0 Å². The summed E-state index contributed by atoms with van der Waals surface area (Å²) in [4.78, 5) is 49.6.